The van der Waals surface area contributed by atoms with Crippen LogP contribution in [0.25, 0.3) is 16.9 Å². The summed E-state index contributed by atoms with van der Waals surface area (Å²) in [5.41, 5.74) is 5.11. The van der Waals surface area contributed by atoms with Gasteiger partial charge < -0.3 is 4.90 Å². The molecule has 3 aromatic heterocycles. The van der Waals surface area contributed by atoms with Gasteiger partial charge in [0.25, 0.3) is 0 Å². The van der Waals surface area contributed by atoms with E-state index in [4.69, 9.17) is 0 Å². The monoisotopic (exact) mass is 407 g/mol. The van der Waals surface area contributed by atoms with Gasteiger partial charge in [-0.3, -0.25) is 9.20 Å². The van der Waals surface area contributed by atoms with E-state index in [1.807, 2.05) is 46.7 Å². The number of hydrogen-bond donors (Lipinski definition) is 0. The van der Waals surface area contributed by atoms with Gasteiger partial charge in [0.1, 0.15) is 0 Å². The topological polar surface area (TPSA) is 63.4 Å². The molecular weight excluding hydrogens is 390 g/mol. The highest BCUT2D eigenvalue weighted by molar-refractivity contribution is 7.99. The molecular formula is C20H17N5OS2. The average molecular weight is 408 g/mol. The van der Waals surface area contributed by atoms with E-state index >= 15 is 0 Å². The van der Waals surface area contributed by atoms with Gasteiger partial charge in [-0.25, -0.2) is 4.98 Å². The molecule has 0 saturated heterocycles. The number of fused-ring (bicyclic) bond motifs is 2. The van der Waals surface area contributed by atoms with Crippen molar-refractivity contribution < 1.29 is 4.79 Å². The van der Waals surface area contributed by atoms with Gasteiger partial charge in [-0.15, -0.1) is 21.5 Å². The first-order chi connectivity index (χ1) is 13.7. The number of carbonyl (C=O) groups is 1. The van der Waals surface area contributed by atoms with E-state index in [0.29, 0.717) is 5.75 Å². The third-order valence-electron chi connectivity index (χ3n) is 4.80. The van der Waals surface area contributed by atoms with Crippen molar-refractivity contribution in [1.29, 1.82) is 0 Å². The smallest absolute Gasteiger partial charge is 0.237 e. The van der Waals surface area contributed by atoms with Gasteiger partial charge in [-0.1, -0.05) is 23.9 Å². The number of thiazole rings is 1. The molecule has 8 heteroatoms. The van der Waals surface area contributed by atoms with Gasteiger partial charge >= 0.3 is 0 Å². The predicted molar refractivity (Wildman–Crippen MR) is 112 cm³/mol. The van der Waals surface area contributed by atoms with E-state index in [1.165, 1.54) is 17.3 Å². The van der Waals surface area contributed by atoms with Crippen LogP contribution in [-0.2, 0) is 11.2 Å². The Morgan fingerprint density at radius 3 is 3.04 bits per heavy atom. The van der Waals surface area contributed by atoms with E-state index in [2.05, 4.69) is 32.7 Å². The van der Waals surface area contributed by atoms with Gasteiger partial charge in [-0.05, 0) is 43.2 Å². The number of thioether (sulfide) groups is 1. The number of benzene rings is 1. The lowest BCUT2D eigenvalue weighted by Gasteiger charge is -2.17. The van der Waals surface area contributed by atoms with E-state index in [9.17, 15) is 4.79 Å². The molecule has 0 unspecified atom stereocenters. The van der Waals surface area contributed by atoms with Crippen LogP contribution in [0.1, 0.15) is 10.6 Å². The van der Waals surface area contributed by atoms with E-state index in [1.54, 1.807) is 11.3 Å². The van der Waals surface area contributed by atoms with Crippen LogP contribution in [0.4, 0.5) is 5.69 Å². The van der Waals surface area contributed by atoms with Gasteiger partial charge in [0.2, 0.25) is 5.91 Å². The number of pyridine rings is 1. The molecule has 1 amide bonds. The van der Waals surface area contributed by atoms with Crippen LogP contribution in [0.2, 0.25) is 0 Å². The van der Waals surface area contributed by atoms with Crippen molar-refractivity contribution in [2.75, 3.05) is 17.2 Å². The fourth-order valence-corrected chi connectivity index (χ4v) is 4.86. The minimum atomic E-state index is 0.0914. The quantitative estimate of drug-likeness (QED) is 0.481. The minimum Gasteiger partial charge on any atom is -0.311 e. The Hall–Kier alpha value is -2.71. The Morgan fingerprint density at radius 2 is 2.18 bits per heavy atom. The SMILES string of the molecule is Cc1nc(-c2ccc3c(c2)CCN3C(=O)CSc2nnc3ccccn23)cs1. The van der Waals surface area contributed by atoms with Crippen LogP contribution in [0.5, 0.6) is 0 Å². The first-order valence-electron chi connectivity index (χ1n) is 8.97. The van der Waals surface area contributed by atoms with Crippen molar-refractivity contribution in [2.24, 2.45) is 0 Å². The maximum Gasteiger partial charge on any atom is 0.237 e. The number of carbonyl (C=O) groups excluding carboxylic acids is 1. The second-order valence-corrected chi connectivity index (χ2v) is 8.60. The molecule has 1 aromatic carbocycles. The number of amides is 1. The Bertz CT molecular complexity index is 1180. The van der Waals surface area contributed by atoms with Gasteiger partial charge in [0, 0.05) is 29.4 Å². The standard InChI is InChI=1S/C20H17N5OS2/c1-13-21-16(11-27-13)14-5-6-17-15(10-14)7-9-24(17)19(26)12-28-20-23-22-18-4-2-3-8-25(18)20/h2-6,8,10-11H,7,9,12H2,1H3. The summed E-state index contributed by atoms with van der Waals surface area (Å²) in [4.78, 5) is 19.3. The lowest BCUT2D eigenvalue weighted by atomic mass is 10.1. The highest BCUT2D eigenvalue weighted by Gasteiger charge is 2.25. The summed E-state index contributed by atoms with van der Waals surface area (Å²) in [7, 11) is 0. The summed E-state index contributed by atoms with van der Waals surface area (Å²) in [6.45, 7) is 2.73. The molecule has 6 nitrogen and oxygen atoms in total. The highest BCUT2D eigenvalue weighted by atomic mass is 32.2. The van der Waals surface area contributed by atoms with Crippen molar-refractivity contribution >= 4 is 40.3 Å². The Morgan fingerprint density at radius 1 is 1.25 bits per heavy atom. The molecule has 28 heavy (non-hydrogen) atoms. The van der Waals surface area contributed by atoms with Gasteiger partial charge in [0.05, 0.1) is 16.5 Å². The zero-order valence-electron chi connectivity index (χ0n) is 15.2. The number of nitrogens with zero attached hydrogens (tertiary/aromatic N) is 5. The van der Waals surface area contributed by atoms with E-state index in [0.717, 1.165) is 45.7 Å². The molecule has 1 aliphatic rings. The third kappa shape index (κ3) is 3.08. The van der Waals surface area contributed by atoms with Gasteiger partial charge in [0.15, 0.2) is 10.8 Å². The molecule has 0 spiro atoms. The summed E-state index contributed by atoms with van der Waals surface area (Å²) in [5, 5.41) is 12.2. The van der Waals surface area contributed by atoms with Crippen molar-refractivity contribution in [2.45, 2.75) is 18.5 Å². The number of aromatic nitrogens is 4. The summed E-state index contributed by atoms with van der Waals surface area (Å²) in [5.74, 6) is 0.427. The first kappa shape index (κ1) is 17.4. The fourth-order valence-electron chi connectivity index (χ4n) is 3.44. The molecule has 1 aliphatic heterocycles. The Labute approximate surface area is 170 Å². The second kappa shape index (κ2) is 7.03. The van der Waals surface area contributed by atoms with E-state index < -0.39 is 0 Å². The zero-order chi connectivity index (χ0) is 19.1. The summed E-state index contributed by atoms with van der Waals surface area (Å²) in [6.07, 6.45) is 2.78. The number of rotatable bonds is 4. The molecule has 0 bridgehead atoms. The molecule has 4 aromatic rings. The molecule has 0 radical (unpaired) electrons. The molecule has 5 rings (SSSR count). The molecule has 0 fully saturated rings. The summed E-state index contributed by atoms with van der Waals surface area (Å²) in [6, 6.07) is 12.0. The maximum atomic E-state index is 12.8. The lowest BCUT2D eigenvalue weighted by molar-refractivity contribution is -0.116. The zero-order valence-corrected chi connectivity index (χ0v) is 16.8. The molecule has 4 heterocycles. The Kier molecular flexibility index (Phi) is 4.37. The van der Waals surface area contributed by atoms with E-state index in [-0.39, 0.29) is 5.91 Å². The van der Waals surface area contributed by atoms with Gasteiger partial charge in [-0.2, -0.15) is 0 Å². The molecule has 0 N–H and O–H groups in total. The molecule has 0 atom stereocenters. The molecule has 0 saturated carbocycles. The number of aryl methyl sites for hydroxylation is 1. The average Bonchev–Trinajstić information content (AvgIpc) is 3.43. The van der Waals surface area contributed by atoms with Crippen LogP contribution in [0.3, 0.4) is 0 Å². The Balaban J connectivity index is 1.32. The van der Waals surface area contributed by atoms with Crippen LogP contribution in [-0.4, -0.2) is 37.8 Å². The normalized spacial score (nSPS) is 13.2. The summed E-state index contributed by atoms with van der Waals surface area (Å²) >= 11 is 3.07. The van der Waals surface area contributed by atoms with Crippen LogP contribution >= 0.6 is 23.1 Å². The third-order valence-corrected chi connectivity index (χ3v) is 6.50. The first-order valence-corrected chi connectivity index (χ1v) is 10.8. The maximum absolute atomic E-state index is 12.8. The fraction of sp³-hybridized carbons (Fsp3) is 0.200. The molecule has 140 valence electrons. The number of anilines is 1. The van der Waals surface area contributed by atoms with Crippen molar-refractivity contribution in [3.8, 4) is 11.3 Å². The molecule has 0 aliphatic carbocycles. The minimum absolute atomic E-state index is 0.0914. The highest BCUT2D eigenvalue weighted by Crippen LogP contribution is 2.33. The lowest BCUT2D eigenvalue weighted by Crippen LogP contribution is -2.30. The van der Waals surface area contributed by atoms with Crippen LogP contribution in [0.15, 0.2) is 53.1 Å². The largest absolute Gasteiger partial charge is 0.311 e. The predicted octanol–water partition coefficient (Wildman–Crippen LogP) is 3.84. The summed E-state index contributed by atoms with van der Waals surface area (Å²) < 4.78 is 1.90. The van der Waals surface area contributed by atoms with Crippen molar-refractivity contribution in [3.05, 3.63) is 58.5 Å². The van der Waals surface area contributed by atoms with Crippen molar-refractivity contribution in [3.63, 3.8) is 0 Å². The van der Waals surface area contributed by atoms with Crippen molar-refractivity contribution in [1.82, 2.24) is 19.6 Å². The number of hydrogen-bond acceptors (Lipinski definition) is 6. The van der Waals surface area contributed by atoms with Crippen LogP contribution in [0, 0.1) is 6.92 Å². The van der Waals surface area contributed by atoms with Crippen LogP contribution < -0.4 is 4.90 Å². The second-order valence-electron chi connectivity index (χ2n) is 6.59.